The lowest BCUT2D eigenvalue weighted by Crippen LogP contribution is -2.42. The molecule has 6 nitrogen and oxygen atoms in total. The van der Waals surface area contributed by atoms with Gasteiger partial charge < -0.3 is 15.0 Å². The van der Waals surface area contributed by atoms with Gasteiger partial charge in [0.1, 0.15) is 5.82 Å². The van der Waals surface area contributed by atoms with Crippen LogP contribution in [0.15, 0.2) is 42.5 Å². The number of benzene rings is 2. The van der Waals surface area contributed by atoms with Gasteiger partial charge in [0.25, 0.3) is 5.91 Å². The van der Waals surface area contributed by atoms with Crippen LogP contribution in [0.4, 0.5) is 4.39 Å². The number of hydrogen-bond acceptors (Lipinski definition) is 4. The highest BCUT2D eigenvalue weighted by atomic mass is 19.1. The normalized spacial score (nSPS) is 12.6. The Balaban J connectivity index is 1.47. The maximum Gasteiger partial charge on any atom is 0.338 e. The largest absolute Gasteiger partial charge is 0.452 e. The summed E-state index contributed by atoms with van der Waals surface area (Å²) in [5, 5.41) is 2.69. The highest BCUT2D eigenvalue weighted by Gasteiger charge is 2.19. The number of hydrogen-bond donors (Lipinski definition) is 1. The van der Waals surface area contributed by atoms with Gasteiger partial charge in [0, 0.05) is 13.1 Å². The lowest BCUT2D eigenvalue weighted by molar-refractivity contribution is -0.138. The molecule has 0 saturated carbocycles. The van der Waals surface area contributed by atoms with Gasteiger partial charge in [-0.15, -0.1) is 0 Å². The zero-order valence-corrected chi connectivity index (χ0v) is 17.7. The molecule has 1 aliphatic carbocycles. The van der Waals surface area contributed by atoms with Crippen molar-refractivity contribution in [2.75, 3.05) is 19.7 Å². The van der Waals surface area contributed by atoms with Gasteiger partial charge in [0.05, 0.1) is 12.1 Å². The van der Waals surface area contributed by atoms with E-state index in [1.165, 1.54) is 28.2 Å². The van der Waals surface area contributed by atoms with Crippen LogP contribution in [-0.4, -0.2) is 42.4 Å². The number of amides is 2. The molecule has 7 heteroatoms. The molecule has 0 bridgehead atoms. The minimum Gasteiger partial charge on any atom is -0.452 e. The van der Waals surface area contributed by atoms with Gasteiger partial charge in [-0.1, -0.05) is 18.2 Å². The summed E-state index contributed by atoms with van der Waals surface area (Å²) in [7, 11) is 0. The maximum atomic E-state index is 12.9. The second-order valence-electron chi connectivity index (χ2n) is 7.58. The first-order valence-electron chi connectivity index (χ1n) is 10.5. The number of ether oxygens (including phenoxy) is 1. The number of carbonyl (C=O) groups excluding carboxylic acids is 3. The summed E-state index contributed by atoms with van der Waals surface area (Å²) in [6.45, 7) is 1.72. The lowest BCUT2D eigenvalue weighted by atomic mass is 9.90. The molecule has 2 aromatic carbocycles. The molecular weight excluding hydrogens is 399 g/mol. The average Bonchev–Trinajstić information content (AvgIpc) is 2.80. The van der Waals surface area contributed by atoms with Crippen LogP contribution in [0.2, 0.25) is 0 Å². The molecular formula is C24H27FN2O4. The number of nitrogens with one attached hydrogen (secondary N) is 1. The van der Waals surface area contributed by atoms with Gasteiger partial charge in [-0.25, -0.2) is 9.18 Å². The van der Waals surface area contributed by atoms with Gasteiger partial charge in [-0.2, -0.15) is 0 Å². The number of fused-ring (bicyclic) bond motifs is 1. The Kier molecular flexibility index (Phi) is 7.76. The van der Waals surface area contributed by atoms with Gasteiger partial charge in [0.15, 0.2) is 6.61 Å². The zero-order valence-electron chi connectivity index (χ0n) is 17.7. The predicted molar refractivity (Wildman–Crippen MR) is 114 cm³/mol. The summed E-state index contributed by atoms with van der Waals surface area (Å²) < 4.78 is 18.1. The number of nitrogens with zero attached hydrogens (tertiary/aromatic N) is 1. The van der Waals surface area contributed by atoms with E-state index in [4.69, 9.17) is 4.74 Å². The molecule has 2 amide bonds. The fraction of sp³-hybridized carbons (Fsp3) is 0.375. The number of carbonyl (C=O) groups is 3. The molecule has 31 heavy (non-hydrogen) atoms. The molecule has 0 aliphatic heterocycles. The third-order valence-corrected chi connectivity index (χ3v) is 5.38. The fourth-order valence-corrected chi connectivity index (χ4v) is 3.57. The highest BCUT2D eigenvalue weighted by molar-refractivity contribution is 5.92. The Morgan fingerprint density at radius 1 is 1.03 bits per heavy atom. The van der Waals surface area contributed by atoms with Crippen LogP contribution >= 0.6 is 0 Å². The van der Waals surface area contributed by atoms with Gasteiger partial charge in [0.2, 0.25) is 5.91 Å². The average molecular weight is 426 g/mol. The van der Waals surface area contributed by atoms with Crippen LogP contribution in [0, 0.1) is 5.82 Å². The van der Waals surface area contributed by atoms with Crippen molar-refractivity contribution >= 4 is 17.8 Å². The van der Waals surface area contributed by atoms with Crippen molar-refractivity contribution in [3.05, 3.63) is 70.5 Å². The topological polar surface area (TPSA) is 75.7 Å². The second kappa shape index (κ2) is 10.7. The molecule has 0 aromatic heterocycles. The quantitative estimate of drug-likeness (QED) is 0.659. The van der Waals surface area contributed by atoms with E-state index >= 15 is 0 Å². The number of halogens is 1. The third-order valence-electron chi connectivity index (χ3n) is 5.38. The summed E-state index contributed by atoms with van der Waals surface area (Å²) in [5.74, 6) is -1.67. The third kappa shape index (κ3) is 6.38. The molecule has 1 aliphatic rings. The van der Waals surface area contributed by atoms with Gasteiger partial charge >= 0.3 is 5.97 Å². The lowest BCUT2D eigenvalue weighted by Gasteiger charge is -2.20. The summed E-state index contributed by atoms with van der Waals surface area (Å²) in [4.78, 5) is 38.3. The molecule has 0 unspecified atom stereocenters. The number of rotatable bonds is 8. The van der Waals surface area contributed by atoms with Crippen molar-refractivity contribution in [1.82, 2.24) is 10.2 Å². The van der Waals surface area contributed by atoms with E-state index in [1.54, 1.807) is 25.1 Å². The maximum absolute atomic E-state index is 12.9. The molecule has 2 aromatic rings. The number of aryl methyl sites for hydroxylation is 2. The van der Waals surface area contributed by atoms with Gasteiger partial charge in [-0.3, -0.25) is 9.59 Å². The number of esters is 1. The SMILES string of the molecule is CCN(CC(=O)NCc1ccc(F)cc1)C(=O)COC(=O)c1ccc2c(c1)CCCC2. The van der Waals surface area contributed by atoms with Crippen LogP contribution in [-0.2, 0) is 33.7 Å². The number of likely N-dealkylation sites (N-methyl/N-ethyl adjacent to an activating group) is 1. The molecule has 1 N–H and O–H groups in total. The van der Waals surface area contributed by atoms with Gasteiger partial charge in [-0.05, 0) is 73.6 Å². The minimum absolute atomic E-state index is 0.146. The van der Waals surface area contributed by atoms with Crippen LogP contribution in [0.1, 0.15) is 46.8 Å². The van der Waals surface area contributed by atoms with E-state index in [0.29, 0.717) is 12.1 Å². The first kappa shape index (κ1) is 22.5. The molecule has 3 rings (SSSR count). The standard InChI is InChI=1S/C24H27FN2O4/c1-2-27(15-22(28)26-14-17-7-11-21(25)12-8-17)23(29)16-31-24(30)20-10-9-18-5-3-4-6-19(18)13-20/h7-13H,2-6,14-16H2,1H3,(H,26,28). The van der Waals surface area contributed by atoms with E-state index in [0.717, 1.165) is 31.2 Å². The van der Waals surface area contributed by atoms with Crippen molar-refractivity contribution in [1.29, 1.82) is 0 Å². The van der Waals surface area contributed by atoms with Crippen molar-refractivity contribution in [3.8, 4) is 0 Å². The monoisotopic (exact) mass is 426 g/mol. The summed E-state index contributed by atoms with van der Waals surface area (Å²) in [6.07, 6.45) is 4.25. The molecule has 0 fully saturated rings. The molecule has 0 radical (unpaired) electrons. The van der Waals surface area contributed by atoms with Crippen LogP contribution in [0.3, 0.4) is 0 Å². The smallest absolute Gasteiger partial charge is 0.338 e. The molecule has 0 saturated heterocycles. The first-order chi connectivity index (χ1) is 15.0. The van der Waals surface area contributed by atoms with E-state index in [9.17, 15) is 18.8 Å². The van der Waals surface area contributed by atoms with Crippen LogP contribution in [0.25, 0.3) is 0 Å². The second-order valence-corrected chi connectivity index (χ2v) is 7.58. The van der Waals surface area contributed by atoms with Crippen LogP contribution in [0.5, 0.6) is 0 Å². The first-order valence-corrected chi connectivity index (χ1v) is 10.5. The Hall–Kier alpha value is -3.22. The van der Waals surface area contributed by atoms with Crippen molar-refractivity contribution in [3.63, 3.8) is 0 Å². The Morgan fingerprint density at radius 2 is 1.74 bits per heavy atom. The van der Waals surface area contributed by atoms with Crippen molar-refractivity contribution in [2.24, 2.45) is 0 Å². The van der Waals surface area contributed by atoms with Crippen LogP contribution < -0.4 is 5.32 Å². The van der Waals surface area contributed by atoms with E-state index in [2.05, 4.69) is 5.32 Å². The summed E-state index contributed by atoms with van der Waals surface area (Å²) in [6, 6.07) is 11.3. The predicted octanol–water partition coefficient (Wildman–Crippen LogP) is 3.03. The van der Waals surface area contributed by atoms with Crippen molar-refractivity contribution in [2.45, 2.75) is 39.2 Å². The minimum atomic E-state index is -0.543. The van der Waals surface area contributed by atoms with Crippen molar-refractivity contribution < 1.29 is 23.5 Å². The zero-order chi connectivity index (χ0) is 22.2. The summed E-state index contributed by atoms with van der Waals surface area (Å²) >= 11 is 0. The Morgan fingerprint density at radius 3 is 2.45 bits per heavy atom. The Bertz CT molecular complexity index is 943. The van der Waals surface area contributed by atoms with E-state index in [-0.39, 0.29) is 24.8 Å². The molecule has 164 valence electrons. The molecule has 0 spiro atoms. The fourth-order valence-electron chi connectivity index (χ4n) is 3.57. The highest BCUT2D eigenvalue weighted by Crippen LogP contribution is 2.22. The van der Waals surface area contributed by atoms with E-state index in [1.807, 2.05) is 12.1 Å². The Labute approximate surface area is 181 Å². The molecule has 0 heterocycles. The summed E-state index contributed by atoms with van der Waals surface area (Å²) in [5.41, 5.74) is 3.62. The molecule has 0 atom stereocenters. The van der Waals surface area contributed by atoms with E-state index < -0.39 is 18.5 Å².